The van der Waals surface area contributed by atoms with Gasteiger partial charge in [0, 0.05) is 30.6 Å². The maximum absolute atomic E-state index is 11.0. The molecule has 1 N–H and O–H groups in total. The van der Waals surface area contributed by atoms with Crippen LogP contribution in [-0.4, -0.2) is 24.1 Å². The summed E-state index contributed by atoms with van der Waals surface area (Å²) in [6.07, 6.45) is 1.68. The minimum atomic E-state index is -0.473. The smallest absolute Gasteiger partial charge is 0.312 e. The molecule has 110 valence electrons. The number of aromatic nitrogens is 1. The average Bonchev–Trinajstić information content (AvgIpc) is 2.53. The van der Waals surface area contributed by atoms with Crippen molar-refractivity contribution in [3.8, 4) is 11.6 Å². The number of ether oxygens (including phenoxy) is 2. The Kier molecular flexibility index (Phi) is 4.55. The third kappa shape index (κ3) is 3.59. The lowest BCUT2D eigenvalue weighted by atomic mass is 10.2. The molecule has 0 amide bonds. The molecule has 2 rings (SSSR count). The number of nitro benzene ring substituents is 1. The van der Waals surface area contributed by atoms with Gasteiger partial charge >= 0.3 is 5.69 Å². The van der Waals surface area contributed by atoms with E-state index in [0.717, 1.165) is 5.56 Å². The molecule has 7 heteroatoms. The Morgan fingerprint density at radius 1 is 1.24 bits per heavy atom. The fourth-order valence-electron chi connectivity index (χ4n) is 1.78. The van der Waals surface area contributed by atoms with Gasteiger partial charge in [-0.3, -0.25) is 10.1 Å². The lowest BCUT2D eigenvalue weighted by molar-refractivity contribution is -0.385. The second-order valence-electron chi connectivity index (χ2n) is 4.21. The van der Waals surface area contributed by atoms with E-state index >= 15 is 0 Å². The van der Waals surface area contributed by atoms with Crippen LogP contribution in [0.4, 0.5) is 11.4 Å². The van der Waals surface area contributed by atoms with Gasteiger partial charge in [-0.1, -0.05) is 6.07 Å². The van der Waals surface area contributed by atoms with Crippen molar-refractivity contribution in [1.29, 1.82) is 0 Å². The zero-order valence-electron chi connectivity index (χ0n) is 11.7. The minimum Gasteiger partial charge on any atom is -0.490 e. The van der Waals surface area contributed by atoms with Crippen LogP contribution in [0.1, 0.15) is 5.56 Å². The van der Waals surface area contributed by atoms with Crippen LogP contribution in [0.5, 0.6) is 11.6 Å². The Morgan fingerprint density at radius 3 is 2.62 bits per heavy atom. The second-order valence-corrected chi connectivity index (χ2v) is 4.21. The first-order chi connectivity index (χ1) is 10.1. The van der Waals surface area contributed by atoms with E-state index < -0.39 is 4.92 Å². The zero-order valence-corrected chi connectivity index (χ0v) is 11.7. The number of nitro groups is 1. The van der Waals surface area contributed by atoms with E-state index in [0.29, 0.717) is 18.1 Å². The number of hydrogen-bond acceptors (Lipinski definition) is 6. The molecule has 0 aliphatic carbocycles. The summed E-state index contributed by atoms with van der Waals surface area (Å²) in [6.45, 7) is 0.500. The van der Waals surface area contributed by atoms with Crippen LogP contribution in [-0.2, 0) is 6.54 Å². The van der Waals surface area contributed by atoms with E-state index in [9.17, 15) is 10.1 Å². The summed E-state index contributed by atoms with van der Waals surface area (Å²) in [5.41, 5.74) is 1.50. The summed E-state index contributed by atoms with van der Waals surface area (Å²) in [7, 11) is 2.95. The number of anilines is 1. The monoisotopic (exact) mass is 289 g/mol. The summed E-state index contributed by atoms with van der Waals surface area (Å²) in [4.78, 5) is 14.6. The first kappa shape index (κ1) is 14.6. The van der Waals surface area contributed by atoms with Gasteiger partial charge in [0.05, 0.1) is 19.1 Å². The molecule has 0 spiro atoms. The van der Waals surface area contributed by atoms with Gasteiger partial charge in [0.2, 0.25) is 5.88 Å². The number of rotatable bonds is 6. The van der Waals surface area contributed by atoms with Crippen LogP contribution in [0.3, 0.4) is 0 Å². The normalized spacial score (nSPS) is 10.0. The van der Waals surface area contributed by atoms with Crippen LogP contribution < -0.4 is 14.8 Å². The highest BCUT2D eigenvalue weighted by Gasteiger charge is 2.14. The number of methoxy groups -OCH3 is 2. The van der Waals surface area contributed by atoms with Crippen LogP contribution in [0.15, 0.2) is 36.5 Å². The van der Waals surface area contributed by atoms with Gasteiger partial charge in [0.25, 0.3) is 0 Å². The number of benzene rings is 1. The molecule has 21 heavy (non-hydrogen) atoms. The van der Waals surface area contributed by atoms with Crippen molar-refractivity contribution < 1.29 is 14.4 Å². The largest absolute Gasteiger partial charge is 0.490 e. The molecular weight excluding hydrogens is 274 g/mol. The molecule has 0 fully saturated rings. The predicted octanol–water partition coefficient (Wildman–Crippen LogP) is 2.62. The molecule has 2 aromatic rings. The average molecular weight is 289 g/mol. The van der Waals surface area contributed by atoms with E-state index in [4.69, 9.17) is 9.47 Å². The van der Waals surface area contributed by atoms with Gasteiger partial charge in [-0.25, -0.2) is 4.98 Å². The SMILES string of the molecule is COc1ccc(CNc2ccc(OC)c([N+](=O)[O-])c2)cn1. The molecule has 7 nitrogen and oxygen atoms in total. The Bertz CT molecular complexity index is 629. The molecular formula is C14H15N3O4. The number of nitrogens with one attached hydrogen (secondary N) is 1. The van der Waals surface area contributed by atoms with E-state index in [2.05, 4.69) is 10.3 Å². The van der Waals surface area contributed by atoms with Crippen molar-refractivity contribution in [2.24, 2.45) is 0 Å². The highest BCUT2D eigenvalue weighted by molar-refractivity contribution is 5.58. The second kappa shape index (κ2) is 6.56. The van der Waals surface area contributed by atoms with Crippen molar-refractivity contribution in [3.05, 3.63) is 52.2 Å². The lowest BCUT2D eigenvalue weighted by Gasteiger charge is -2.08. The van der Waals surface area contributed by atoms with Gasteiger partial charge in [0.1, 0.15) is 0 Å². The molecule has 1 aromatic carbocycles. The Hall–Kier alpha value is -2.83. The summed E-state index contributed by atoms with van der Waals surface area (Å²) >= 11 is 0. The highest BCUT2D eigenvalue weighted by Crippen LogP contribution is 2.29. The fraction of sp³-hybridized carbons (Fsp3) is 0.214. The summed E-state index contributed by atoms with van der Waals surface area (Å²) < 4.78 is 9.94. The number of pyridine rings is 1. The molecule has 0 atom stereocenters. The predicted molar refractivity (Wildman–Crippen MR) is 77.8 cm³/mol. The van der Waals surface area contributed by atoms with E-state index in [1.165, 1.54) is 13.2 Å². The third-order valence-electron chi connectivity index (χ3n) is 2.88. The molecule has 1 heterocycles. The van der Waals surface area contributed by atoms with Gasteiger partial charge < -0.3 is 14.8 Å². The minimum absolute atomic E-state index is 0.0737. The molecule has 0 saturated heterocycles. The van der Waals surface area contributed by atoms with Gasteiger partial charge in [-0.2, -0.15) is 0 Å². The van der Waals surface area contributed by atoms with E-state index in [1.54, 1.807) is 31.5 Å². The Balaban J connectivity index is 2.08. The maximum atomic E-state index is 11.0. The number of nitrogens with zero attached hydrogens (tertiary/aromatic N) is 2. The standard InChI is InChI=1S/C14H15N3O4/c1-20-13-5-4-11(7-12(13)17(18)19)15-8-10-3-6-14(21-2)16-9-10/h3-7,9,15H,8H2,1-2H3. The van der Waals surface area contributed by atoms with Crippen LogP contribution in [0.2, 0.25) is 0 Å². The Labute approximate surface area is 121 Å². The topological polar surface area (TPSA) is 86.5 Å². The van der Waals surface area contributed by atoms with Gasteiger partial charge in [-0.15, -0.1) is 0 Å². The zero-order chi connectivity index (χ0) is 15.2. The lowest BCUT2D eigenvalue weighted by Crippen LogP contribution is -2.01. The molecule has 0 radical (unpaired) electrons. The van der Waals surface area contributed by atoms with Crippen molar-refractivity contribution in [2.75, 3.05) is 19.5 Å². The number of hydrogen-bond donors (Lipinski definition) is 1. The van der Waals surface area contributed by atoms with E-state index in [1.807, 2.05) is 6.07 Å². The molecule has 1 aromatic heterocycles. The van der Waals surface area contributed by atoms with Crippen molar-refractivity contribution in [1.82, 2.24) is 4.98 Å². The first-order valence-electron chi connectivity index (χ1n) is 6.19. The summed E-state index contributed by atoms with van der Waals surface area (Å²) in [6, 6.07) is 8.36. The van der Waals surface area contributed by atoms with Gasteiger partial charge in [-0.05, 0) is 17.7 Å². The molecule has 0 bridgehead atoms. The van der Waals surface area contributed by atoms with Crippen molar-refractivity contribution >= 4 is 11.4 Å². The third-order valence-corrected chi connectivity index (χ3v) is 2.88. The fourth-order valence-corrected chi connectivity index (χ4v) is 1.78. The first-order valence-corrected chi connectivity index (χ1v) is 6.19. The van der Waals surface area contributed by atoms with Crippen LogP contribution in [0.25, 0.3) is 0 Å². The van der Waals surface area contributed by atoms with Crippen molar-refractivity contribution in [2.45, 2.75) is 6.54 Å². The van der Waals surface area contributed by atoms with Gasteiger partial charge in [0.15, 0.2) is 5.75 Å². The molecule has 0 unspecified atom stereocenters. The summed E-state index contributed by atoms with van der Waals surface area (Å²) in [5.74, 6) is 0.774. The van der Waals surface area contributed by atoms with Crippen molar-refractivity contribution in [3.63, 3.8) is 0 Å². The van der Waals surface area contributed by atoms with Crippen LogP contribution in [0, 0.1) is 10.1 Å². The quantitative estimate of drug-likeness (QED) is 0.649. The van der Waals surface area contributed by atoms with Crippen LogP contribution >= 0.6 is 0 Å². The Morgan fingerprint density at radius 2 is 2.05 bits per heavy atom. The highest BCUT2D eigenvalue weighted by atomic mass is 16.6. The maximum Gasteiger partial charge on any atom is 0.312 e. The molecule has 0 aliphatic rings. The summed E-state index contributed by atoms with van der Waals surface area (Å²) in [5, 5.41) is 14.1. The molecule has 0 saturated carbocycles. The molecule has 0 aliphatic heterocycles. The van der Waals surface area contributed by atoms with E-state index in [-0.39, 0.29) is 11.4 Å².